The molecule has 1 rings (SSSR count). The molecule has 2 unspecified atom stereocenters. The van der Waals surface area contributed by atoms with Crippen LogP contribution in [0.4, 0.5) is 4.39 Å². The summed E-state index contributed by atoms with van der Waals surface area (Å²) >= 11 is 6.09. The zero-order chi connectivity index (χ0) is 12.8. The van der Waals surface area contributed by atoms with Gasteiger partial charge in [-0.05, 0) is 49.6 Å². The normalized spacial score (nSPS) is 14.6. The van der Waals surface area contributed by atoms with Gasteiger partial charge in [-0.3, -0.25) is 0 Å². The first kappa shape index (κ1) is 14.5. The Kier molecular flexibility index (Phi) is 5.93. The lowest BCUT2D eigenvalue weighted by atomic mass is 9.90. The highest BCUT2D eigenvalue weighted by Gasteiger charge is 2.16. The molecular formula is C14H21ClFN. The Balaban J connectivity index is 2.76. The fraction of sp³-hybridized carbons (Fsp3) is 0.571. The number of benzene rings is 1. The Morgan fingerprint density at radius 1 is 1.35 bits per heavy atom. The van der Waals surface area contributed by atoms with Crippen LogP contribution >= 0.6 is 11.6 Å². The highest BCUT2D eigenvalue weighted by atomic mass is 35.5. The van der Waals surface area contributed by atoms with Crippen LogP contribution in [0.3, 0.4) is 0 Å². The van der Waals surface area contributed by atoms with Gasteiger partial charge in [0.15, 0.2) is 0 Å². The SMILES string of the molecule is CCNC(C)C(CC)Cc1cc(F)ccc1Cl. The van der Waals surface area contributed by atoms with Gasteiger partial charge in [-0.2, -0.15) is 0 Å². The van der Waals surface area contributed by atoms with E-state index in [0.29, 0.717) is 17.0 Å². The zero-order valence-corrected chi connectivity index (χ0v) is 11.5. The molecule has 0 fully saturated rings. The van der Waals surface area contributed by atoms with Crippen LogP contribution < -0.4 is 5.32 Å². The van der Waals surface area contributed by atoms with E-state index in [2.05, 4.69) is 26.1 Å². The summed E-state index contributed by atoms with van der Waals surface area (Å²) in [5.74, 6) is 0.268. The van der Waals surface area contributed by atoms with Crippen molar-refractivity contribution in [1.82, 2.24) is 5.32 Å². The summed E-state index contributed by atoms with van der Waals surface area (Å²) in [6, 6.07) is 5.01. The monoisotopic (exact) mass is 257 g/mol. The van der Waals surface area contributed by atoms with Crippen LogP contribution in [-0.4, -0.2) is 12.6 Å². The molecule has 1 N–H and O–H groups in total. The average molecular weight is 258 g/mol. The van der Waals surface area contributed by atoms with Gasteiger partial charge in [0.05, 0.1) is 0 Å². The van der Waals surface area contributed by atoms with E-state index in [1.807, 2.05) is 0 Å². The highest BCUT2D eigenvalue weighted by molar-refractivity contribution is 6.31. The molecule has 1 aromatic rings. The Morgan fingerprint density at radius 2 is 2.06 bits per heavy atom. The molecule has 0 saturated carbocycles. The average Bonchev–Trinajstić information content (AvgIpc) is 2.30. The van der Waals surface area contributed by atoms with Gasteiger partial charge in [0.1, 0.15) is 5.82 Å². The van der Waals surface area contributed by atoms with Crippen molar-refractivity contribution in [2.24, 2.45) is 5.92 Å². The minimum atomic E-state index is -0.213. The third kappa shape index (κ3) is 4.29. The molecule has 1 aromatic carbocycles. The zero-order valence-electron chi connectivity index (χ0n) is 10.8. The van der Waals surface area contributed by atoms with Crippen LogP contribution in [-0.2, 0) is 6.42 Å². The predicted octanol–water partition coefficient (Wildman–Crippen LogP) is 4.05. The maximum atomic E-state index is 13.2. The van der Waals surface area contributed by atoms with Crippen LogP contribution in [0.1, 0.15) is 32.8 Å². The number of rotatable bonds is 6. The van der Waals surface area contributed by atoms with Gasteiger partial charge in [0.25, 0.3) is 0 Å². The predicted molar refractivity (Wildman–Crippen MR) is 72.0 cm³/mol. The van der Waals surface area contributed by atoms with Crippen molar-refractivity contribution in [1.29, 1.82) is 0 Å². The summed E-state index contributed by atoms with van der Waals surface area (Å²) in [4.78, 5) is 0. The molecule has 1 nitrogen and oxygen atoms in total. The van der Waals surface area contributed by atoms with Crippen molar-refractivity contribution in [2.75, 3.05) is 6.54 Å². The topological polar surface area (TPSA) is 12.0 Å². The lowest BCUT2D eigenvalue weighted by Gasteiger charge is -2.24. The van der Waals surface area contributed by atoms with E-state index in [1.165, 1.54) is 6.07 Å². The van der Waals surface area contributed by atoms with Gasteiger partial charge in [-0.15, -0.1) is 0 Å². The third-order valence-corrected chi connectivity index (χ3v) is 3.62. The number of hydrogen-bond acceptors (Lipinski definition) is 1. The molecule has 0 heterocycles. The first-order chi connectivity index (χ1) is 8.08. The molecule has 0 saturated heterocycles. The highest BCUT2D eigenvalue weighted by Crippen LogP contribution is 2.23. The second-order valence-electron chi connectivity index (χ2n) is 4.45. The van der Waals surface area contributed by atoms with E-state index < -0.39 is 0 Å². The van der Waals surface area contributed by atoms with E-state index in [9.17, 15) is 4.39 Å². The minimum Gasteiger partial charge on any atom is -0.314 e. The molecule has 0 aliphatic carbocycles. The molecule has 17 heavy (non-hydrogen) atoms. The Labute approximate surface area is 108 Å². The summed E-state index contributed by atoms with van der Waals surface area (Å²) in [5.41, 5.74) is 0.906. The van der Waals surface area contributed by atoms with Gasteiger partial charge in [-0.25, -0.2) is 4.39 Å². The maximum absolute atomic E-state index is 13.2. The smallest absolute Gasteiger partial charge is 0.123 e. The molecule has 0 radical (unpaired) electrons. The van der Waals surface area contributed by atoms with Crippen LogP contribution in [0, 0.1) is 11.7 Å². The molecule has 0 aliphatic rings. The van der Waals surface area contributed by atoms with Gasteiger partial charge < -0.3 is 5.32 Å². The molecule has 0 aromatic heterocycles. The summed E-state index contributed by atoms with van der Waals surface area (Å²) in [6.07, 6.45) is 1.88. The Hall–Kier alpha value is -0.600. The van der Waals surface area contributed by atoms with E-state index >= 15 is 0 Å². The molecular weight excluding hydrogens is 237 g/mol. The molecule has 3 heteroatoms. The molecule has 0 bridgehead atoms. The van der Waals surface area contributed by atoms with E-state index in [-0.39, 0.29) is 5.82 Å². The lowest BCUT2D eigenvalue weighted by molar-refractivity contribution is 0.367. The van der Waals surface area contributed by atoms with Gasteiger partial charge >= 0.3 is 0 Å². The summed E-state index contributed by atoms with van der Waals surface area (Å²) in [7, 11) is 0. The Morgan fingerprint density at radius 3 is 2.65 bits per heavy atom. The van der Waals surface area contributed by atoms with Crippen LogP contribution in [0.25, 0.3) is 0 Å². The number of nitrogens with one attached hydrogen (secondary N) is 1. The molecule has 2 atom stereocenters. The molecule has 96 valence electrons. The second kappa shape index (κ2) is 6.97. The molecule has 0 amide bonds. The van der Waals surface area contributed by atoms with Crippen molar-refractivity contribution in [3.05, 3.63) is 34.6 Å². The summed E-state index contributed by atoms with van der Waals surface area (Å²) < 4.78 is 13.2. The van der Waals surface area contributed by atoms with Crippen molar-refractivity contribution in [2.45, 2.75) is 39.7 Å². The molecule has 0 spiro atoms. The lowest BCUT2D eigenvalue weighted by Crippen LogP contribution is -2.34. The first-order valence-corrected chi connectivity index (χ1v) is 6.63. The second-order valence-corrected chi connectivity index (χ2v) is 4.86. The standard InChI is InChI=1S/C14H21ClFN/c1-4-11(10(3)17-5-2)8-12-9-13(16)6-7-14(12)15/h6-7,9-11,17H,4-5,8H2,1-3H3. The first-order valence-electron chi connectivity index (χ1n) is 6.25. The largest absolute Gasteiger partial charge is 0.314 e. The number of hydrogen-bond donors (Lipinski definition) is 1. The summed E-state index contributed by atoms with van der Waals surface area (Å²) in [6.45, 7) is 7.38. The van der Waals surface area contributed by atoms with Crippen LogP contribution in [0.2, 0.25) is 5.02 Å². The number of halogens is 2. The van der Waals surface area contributed by atoms with Crippen molar-refractivity contribution in [3.8, 4) is 0 Å². The molecule has 0 aliphatic heterocycles. The van der Waals surface area contributed by atoms with Gasteiger partial charge in [0, 0.05) is 11.1 Å². The fourth-order valence-corrected chi connectivity index (χ4v) is 2.34. The quantitative estimate of drug-likeness (QED) is 0.811. The van der Waals surface area contributed by atoms with Crippen molar-refractivity contribution in [3.63, 3.8) is 0 Å². The summed E-state index contributed by atoms with van der Waals surface area (Å²) in [5, 5.41) is 4.07. The Bertz CT molecular complexity index is 354. The minimum absolute atomic E-state index is 0.213. The van der Waals surface area contributed by atoms with Gasteiger partial charge in [0.2, 0.25) is 0 Å². The van der Waals surface area contributed by atoms with Crippen LogP contribution in [0.5, 0.6) is 0 Å². The van der Waals surface area contributed by atoms with Crippen molar-refractivity contribution >= 4 is 11.6 Å². The van der Waals surface area contributed by atoms with E-state index in [1.54, 1.807) is 12.1 Å². The van der Waals surface area contributed by atoms with Crippen LogP contribution in [0.15, 0.2) is 18.2 Å². The fourth-order valence-electron chi connectivity index (χ4n) is 2.15. The van der Waals surface area contributed by atoms with E-state index in [0.717, 1.165) is 24.9 Å². The third-order valence-electron chi connectivity index (χ3n) is 3.25. The van der Waals surface area contributed by atoms with Gasteiger partial charge in [-0.1, -0.05) is 31.9 Å². The van der Waals surface area contributed by atoms with Crippen molar-refractivity contribution < 1.29 is 4.39 Å². The maximum Gasteiger partial charge on any atom is 0.123 e. The van der Waals surface area contributed by atoms with E-state index in [4.69, 9.17) is 11.6 Å².